The van der Waals surface area contributed by atoms with Gasteiger partial charge in [0.05, 0.1) is 0 Å². The molecule has 0 aliphatic rings. The molecular formula is C19H22N4. The van der Waals surface area contributed by atoms with Crippen LogP contribution in [-0.2, 0) is 12.8 Å². The van der Waals surface area contributed by atoms with E-state index in [-0.39, 0.29) is 0 Å². The van der Waals surface area contributed by atoms with Crippen LogP contribution in [0.25, 0.3) is 5.69 Å². The highest BCUT2D eigenvalue weighted by atomic mass is 15.3. The molecule has 3 rings (SSSR count). The van der Waals surface area contributed by atoms with E-state index in [1.807, 2.05) is 18.2 Å². The lowest BCUT2D eigenvalue weighted by Gasteiger charge is -2.07. The summed E-state index contributed by atoms with van der Waals surface area (Å²) in [6, 6.07) is 20.8. The highest BCUT2D eigenvalue weighted by molar-refractivity contribution is 5.31. The highest BCUT2D eigenvalue weighted by Gasteiger charge is 2.05. The van der Waals surface area contributed by atoms with Crippen LogP contribution in [0.4, 0.5) is 0 Å². The van der Waals surface area contributed by atoms with Crippen molar-refractivity contribution in [3.63, 3.8) is 0 Å². The van der Waals surface area contributed by atoms with E-state index in [1.165, 1.54) is 5.56 Å². The van der Waals surface area contributed by atoms with Gasteiger partial charge in [0.2, 0.25) is 0 Å². The van der Waals surface area contributed by atoms with Crippen LogP contribution in [0, 0.1) is 0 Å². The second kappa shape index (κ2) is 8.25. The van der Waals surface area contributed by atoms with E-state index in [1.54, 1.807) is 6.33 Å². The molecule has 1 N–H and O–H groups in total. The Bertz CT molecular complexity index is 692. The van der Waals surface area contributed by atoms with Gasteiger partial charge in [0.25, 0.3) is 0 Å². The summed E-state index contributed by atoms with van der Waals surface area (Å²) in [5, 5.41) is 11.8. The molecule has 118 valence electrons. The minimum Gasteiger partial charge on any atom is -0.316 e. The van der Waals surface area contributed by atoms with Crippen molar-refractivity contribution in [1.29, 1.82) is 0 Å². The van der Waals surface area contributed by atoms with Crippen molar-refractivity contribution in [3.05, 3.63) is 78.4 Å². The minimum absolute atomic E-state index is 0.924. The highest BCUT2D eigenvalue weighted by Crippen LogP contribution is 2.10. The second-order valence-electron chi connectivity index (χ2n) is 5.54. The van der Waals surface area contributed by atoms with E-state index in [9.17, 15) is 0 Å². The molecule has 1 aromatic heterocycles. The van der Waals surface area contributed by atoms with Crippen molar-refractivity contribution in [2.24, 2.45) is 0 Å². The minimum atomic E-state index is 0.924. The molecule has 0 spiro atoms. The molecule has 23 heavy (non-hydrogen) atoms. The van der Waals surface area contributed by atoms with Crippen LogP contribution in [0.15, 0.2) is 67.0 Å². The molecular weight excluding hydrogens is 284 g/mol. The lowest BCUT2D eigenvalue weighted by atomic mass is 10.1. The average Bonchev–Trinajstić information content (AvgIpc) is 3.08. The van der Waals surface area contributed by atoms with Gasteiger partial charge in [-0.3, -0.25) is 4.57 Å². The first-order chi connectivity index (χ1) is 11.4. The van der Waals surface area contributed by atoms with E-state index in [0.717, 1.165) is 43.9 Å². The summed E-state index contributed by atoms with van der Waals surface area (Å²) < 4.78 is 2.06. The molecule has 4 heteroatoms. The van der Waals surface area contributed by atoms with Crippen LogP contribution in [0.2, 0.25) is 0 Å². The largest absolute Gasteiger partial charge is 0.316 e. The van der Waals surface area contributed by atoms with Crippen molar-refractivity contribution in [3.8, 4) is 5.69 Å². The van der Waals surface area contributed by atoms with Crippen molar-refractivity contribution in [1.82, 2.24) is 20.1 Å². The molecule has 4 nitrogen and oxygen atoms in total. The zero-order chi connectivity index (χ0) is 15.7. The first-order valence-corrected chi connectivity index (χ1v) is 8.12. The third-order valence-electron chi connectivity index (χ3n) is 3.84. The SMILES string of the molecule is c1ccc(CCNCCCc2nncn2-c2ccccc2)cc1. The second-order valence-corrected chi connectivity index (χ2v) is 5.54. The summed E-state index contributed by atoms with van der Waals surface area (Å²) in [5.41, 5.74) is 2.49. The molecule has 0 bridgehead atoms. The van der Waals surface area contributed by atoms with Crippen molar-refractivity contribution in [2.45, 2.75) is 19.3 Å². The number of rotatable bonds is 8. The number of hydrogen-bond acceptors (Lipinski definition) is 3. The number of aromatic nitrogens is 3. The molecule has 0 unspecified atom stereocenters. The number of nitrogens with zero attached hydrogens (tertiary/aromatic N) is 3. The van der Waals surface area contributed by atoms with Crippen LogP contribution in [0.3, 0.4) is 0 Å². The molecule has 0 saturated carbocycles. The third-order valence-corrected chi connectivity index (χ3v) is 3.84. The fourth-order valence-corrected chi connectivity index (χ4v) is 2.61. The summed E-state index contributed by atoms with van der Waals surface area (Å²) >= 11 is 0. The Labute approximate surface area is 137 Å². The van der Waals surface area contributed by atoms with E-state index in [0.29, 0.717) is 0 Å². The Morgan fingerprint density at radius 3 is 2.35 bits per heavy atom. The number of nitrogens with one attached hydrogen (secondary N) is 1. The van der Waals surface area contributed by atoms with Gasteiger partial charge in [0.15, 0.2) is 0 Å². The topological polar surface area (TPSA) is 42.7 Å². The number of hydrogen-bond donors (Lipinski definition) is 1. The van der Waals surface area contributed by atoms with Gasteiger partial charge in [0, 0.05) is 12.1 Å². The predicted octanol–water partition coefficient (Wildman–Crippen LogP) is 3.03. The summed E-state index contributed by atoms with van der Waals surface area (Å²) in [5.74, 6) is 1.01. The standard InChI is InChI=1S/C19H22N4/c1-3-8-17(9-4-1)13-15-20-14-7-12-19-22-21-16-23(19)18-10-5-2-6-11-18/h1-6,8-11,16,20H,7,12-15H2. The molecule has 0 radical (unpaired) electrons. The van der Waals surface area contributed by atoms with Gasteiger partial charge >= 0.3 is 0 Å². The Morgan fingerprint density at radius 1 is 0.826 bits per heavy atom. The van der Waals surface area contributed by atoms with Gasteiger partial charge in [-0.2, -0.15) is 0 Å². The smallest absolute Gasteiger partial charge is 0.137 e. The number of benzene rings is 2. The van der Waals surface area contributed by atoms with Gasteiger partial charge in [-0.25, -0.2) is 0 Å². The first-order valence-electron chi connectivity index (χ1n) is 8.12. The fourth-order valence-electron chi connectivity index (χ4n) is 2.61. The third kappa shape index (κ3) is 4.50. The van der Waals surface area contributed by atoms with Crippen LogP contribution >= 0.6 is 0 Å². The van der Waals surface area contributed by atoms with E-state index in [4.69, 9.17) is 0 Å². The van der Waals surface area contributed by atoms with E-state index < -0.39 is 0 Å². The van der Waals surface area contributed by atoms with Gasteiger partial charge in [-0.05, 0) is 43.6 Å². The normalized spacial score (nSPS) is 10.8. The monoisotopic (exact) mass is 306 g/mol. The van der Waals surface area contributed by atoms with Gasteiger partial charge in [-0.15, -0.1) is 10.2 Å². The fraction of sp³-hybridized carbons (Fsp3) is 0.263. The maximum atomic E-state index is 4.24. The summed E-state index contributed by atoms with van der Waals surface area (Å²) in [7, 11) is 0. The summed E-state index contributed by atoms with van der Waals surface area (Å²) in [4.78, 5) is 0. The van der Waals surface area contributed by atoms with Crippen molar-refractivity contribution in [2.75, 3.05) is 13.1 Å². The lowest BCUT2D eigenvalue weighted by Crippen LogP contribution is -2.19. The zero-order valence-electron chi connectivity index (χ0n) is 13.2. The molecule has 0 amide bonds. The molecule has 0 aliphatic carbocycles. The lowest BCUT2D eigenvalue weighted by molar-refractivity contribution is 0.633. The van der Waals surface area contributed by atoms with Gasteiger partial charge < -0.3 is 5.32 Å². The van der Waals surface area contributed by atoms with Crippen LogP contribution in [0.5, 0.6) is 0 Å². The molecule has 0 aliphatic heterocycles. The van der Waals surface area contributed by atoms with E-state index in [2.05, 4.69) is 62.5 Å². The Hall–Kier alpha value is -2.46. The Kier molecular flexibility index (Phi) is 5.53. The van der Waals surface area contributed by atoms with Gasteiger partial charge in [0.1, 0.15) is 12.2 Å². The summed E-state index contributed by atoms with van der Waals surface area (Å²) in [6.07, 6.45) is 4.84. The van der Waals surface area contributed by atoms with Crippen LogP contribution in [0.1, 0.15) is 17.8 Å². The maximum Gasteiger partial charge on any atom is 0.137 e. The zero-order valence-corrected chi connectivity index (χ0v) is 13.2. The molecule has 0 atom stereocenters. The number of para-hydroxylation sites is 1. The van der Waals surface area contributed by atoms with Gasteiger partial charge in [-0.1, -0.05) is 48.5 Å². The first kappa shape index (κ1) is 15.4. The summed E-state index contributed by atoms with van der Waals surface area (Å²) in [6.45, 7) is 2.00. The van der Waals surface area contributed by atoms with E-state index >= 15 is 0 Å². The molecule has 3 aromatic rings. The maximum absolute atomic E-state index is 4.24. The van der Waals surface area contributed by atoms with Crippen molar-refractivity contribution >= 4 is 0 Å². The molecule has 1 heterocycles. The molecule has 0 saturated heterocycles. The Morgan fingerprint density at radius 2 is 1.57 bits per heavy atom. The predicted molar refractivity (Wildman–Crippen MR) is 92.7 cm³/mol. The quantitative estimate of drug-likeness (QED) is 0.651. The van der Waals surface area contributed by atoms with Crippen LogP contribution in [-0.4, -0.2) is 27.9 Å². The molecule has 0 fully saturated rings. The molecule has 2 aromatic carbocycles. The van der Waals surface area contributed by atoms with Crippen LogP contribution < -0.4 is 5.32 Å². The number of aryl methyl sites for hydroxylation is 1. The van der Waals surface area contributed by atoms with Crippen molar-refractivity contribution < 1.29 is 0 Å². The Balaban J connectivity index is 1.41. The average molecular weight is 306 g/mol.